The minimum Gasteiger partial charge on any atom is -0.325 e. The predicted octanol–water partition coefficient (Wildman–Crippen LogP) is 4.13. The van der Waals surface area contributed by atoms with E-state index in [9.17, 15) is 4.79 Å². The lowest BCUT2D eigenvalue weighted by Gasteiger charge is -2.36. The van der Waals surface area contributed by atoms with E-state index in [1.54, 1.807) is 6.07 Å². The van der Waals surface area contributed by atoms with Crippen molar-refractivity contribution in [2.45, 2.75) is 38.1 Å². The number of aromatic nitrogens is 2. The fourth-order valence-electron chi connectivity index (χ4n) is 2.99. The summed E-state index contributed by atoms with van der Waals surface area (Å²) in [5.41, 5.74) is 6.71. The Labute approximate surface area is 156 Å². The minimum absolute atomic E-state index is 0. The maximum atomic E-state index is 12.5. The van der Waals surface area contributed by atoms with E-state index in [2.05, 4.69) is 15.5 Å². The van der Waals surface area contributed by atoms with Gasteiger partial charge in [-0.1, -0.05) is 47.9 Å². The van der Waals surface area contributed by atoms with Crippen LogP contribution >= 0.6 is 35.3 Å². The van der Waals surface area contributed by atoms with Gasteiger partial charge in [0.15, 0.2) is 0 Å². The molecule has 130 valence electrons. The Hall–Kier alpha value is -1.21. The minimum atomic E-state index is -0.456. The summed E-state index contributed by atoms with van der Waals surface area (Å²) < 4.78 is 0. The third-order valence-corrected chi connectivity index (χ3v) is 5.42. The highest BCUT2D eigenvalue weighted by molar-refractivity contribution is 7.18. The Morgan fingerprint density at radius 2 is 2.21 bits per heavy atom. The van der Waals surface area contributed by atoms with Crippen molar-refractivity contribution in [1.82, 2.24) is 10.2 Å². The molecular formula is C16H20Cl2N4OS. The normalized spacial score (nSPS) is 23.4. The molecule has 2 unspecified atom stereocenters. The maximum absolute atomic E-state index is 12.5. The van der Waals surface area contributed by atoms with Crippen molar-refractivity contribution in [2.75, 3.05) is 5.32 Å². The molecule has 0 radical (unpaired) electrons. The van der Waals surface area contributed by atoms with Crippen LogP contribution in [0.15, 0.2) is 24.3 Å². The molecule has 5 nitrogen and oxygen atoms in total. The Morgan fingerprint density at radius 1 is 1.42 bits per heavy atom. The largest absolute Gasteiger partial charge is 0.325 e. The second kappa shape index (κ2) is 7.78. The van der Waals surface area contributed by atoms with Gasteiger partial charge in [0, 0.05) is 16.1 Å². The van der Waals surface area contributed by atoms with Gasteiger partial charge in [-0.25, -0.2) is 0 Å². The molecule has 1 saturated carbocycles. The molecule has 1 fully saturated rings. The number of nitrogens with one attached hydrogen (secondary N) is 1. The van der Waals surface area contributed by atoms with E-state index >= 15 is 0 Å². The molecule has 1 aliphatic rings. The molecule has 1 aliphatic carbocycles. The standard InChI is InChI=1S/C16H19ClN4OS.ClH/c1-16(18)8-3-2-7-12(16)13(22)19-15-21-20-14(23-15)10-5-4-6-11(17)9-10;/h4-6,9,12H,2-3,7-8,18H2,1H3,(H,19,21,22);1H. The Bertz CT molecular complexity index is 720. The van der Waals surface area contributed by atoms with Crippen molar-refractivity contribution in [3.05, 3.63) is 29.3 Å². The molecule has 3 N–H and O–H groups in total. The zero-order chi connectivity index (χ0) is 16.4. The molecular weight excluding hydrogens is 367 g/mol. The summed E-state index contributed by atoms with van der Waals surface area (Å²) >= 11 is 7.33. The van der Waals surface area contributed by atoms with E-state index in [0.29, 0.717) is 10.2 Å². The van der Waals surface area contributed by atoms with Gasteiger partial charge in [0.05, 0.1) is 5.92 Å². The molecule has 2 aromatic rings. The van der Waals surface area contributed by atoms with Crippen LogP contribution in [0, 0.1) is 5.92 Å². The van der Waals surface area contributed by atoms with Crippen LogP contribution in [0.2, 0.25) is 5.02 Å². The van der Waals surface area contributed by atoms with Gasteiger partial charge in [-0.05, 0) is 31.9 Å². The van der Waals surface area contributed by atoms with Crippen LogP contribution < -0.4 is 11.1 Å². The first-order valence-electron chi connectivity index (χ1n) is 7.65. The average Bonchev–Trinajstić information content (AvgIpc) is 2.95. The SMILES string of the molecule is CC1(N)CCCCC1C(=O)Nc1nnc(-c2cccc(Cl)c2)s1.Cl. The van der Waals surface area contributed by atoms with Crippen LogP contribution in [0.5, 0.6) is 0 Å². The fourth-order valence-corrected chi connectivity index (χ4v) is 3.93. The molecule has 2 atom stereocenters. The monoisotopic (exact) mass is 386 g/mol. The molecule has 1 heterocycles. The smallest absolute Gasteiger partial charge is 0.231 e. The quantitative estimate of drug-likeness (QED) is 0.830. The molecule has 1 aromatic heterocycles. The van der Waals surface area contributed by atoms with E-state index in [0.717, 1.165) is 36.3 Å². The number of hydrogen-bond acceptors (Lipinski definition) is 5. The van der Waals surface area contributed by atoms with Crippen LogP contribution in [0.4, 0.5) is 5.13 Å². The molecule has 0 saturated heterocycles. The van der Waals surface area contributed by atoms with Gasteiger partial charge in [0.2, 0.25) is 11.0 Å². The third kappa shape index (κ3) is 4.25. The fraction of sp³-hybridized carbons (Fsp3) is 0.438. The van der Waals surface area contributed by atoms with Crippen molar-refractivity contribution < 1.29 is 4.79 Å². The molecule has 8 heteroatoms. The average molecular weight is 387 g/mol. The first kappa shape index (κ1) is 19.1. The van der Waals surface area contributed by atoms with Gasteiger partial charge in [0.1, 0.15) is 5.01 Å². The molecule has 1 amide bonds. The number of amides is 1. The summed E-state index contributed by atoms with van der Waals surface area (Å²) in [5, 5.41) is 12.9. The van der Waals surface area contributed by atoms with Crippen molar-refractivity contribution in [2.24, 2.45) is 11.7 Å². The second-order valence-electron chi connectivity index (χ2n) is 6.22. The molecule has 3 rings (SSSR count). The van der Waals surface area contributed by atoms with Crippen LogP contribution in [0.3, 0.4) is 0 Å². The number of nitrogens with two attached hydrogens (primary N) is 1. The van der Waals surface area contributed by atoms with E-state index in [1.165, 1.54) is 11.3 Å². The van der Waals surface area contributed by atoms with Crippen molar-refractivity contribution >= 4 is 46.4 Å². The van der Waals surface area contributed by atoms with Crippen molar-refractivity contribution in [1.29, 1.82) is 0 Å². The van der Waals surface area contributed by atoms with E-state index in [4.69, 9.17) is 17.3 Å². The molecule has 0 spiro atoms. The summed E-state index contributed by atoms with van der Waals surface area (Å²) in [6.07, 6.45) is 3.80. The first-order chi connectivity index (χ1) is 11.0. The van der Waals surface area contributed by atoms with E-state index in [-0.39, 0.29) is 24.2 Å². The summed E-state index contributed by atoms with van der Waals surface area (Å²) in [7, 11) is 0. The van der Waals surface area contributed by atoms with Gasteiger partial charge in [-0.2, -0.15) is 0 Å². The molecule has 1 aromatic carbocycles. The predicted molar refractivity (Wildman–Crippen MR) is 101 cm³/mol. The number of halogens is 2. The van der Waals surface area contributed by atoms with Gasteiger partial charge >= 0.3 is 0 Å². The Kier molecular flexibility index (Phi) is 6.20. The second-order valence-corrected chi connectivity index (χ2v) is 7.63. The third-order valence-electron chi connectivity index (χ3n) is 4.30. The zero-order valence-electron chi connectivity index (χ0n) is 13.3. The van der Waals surface area contributed by atoms with Crippen molar-refractivity contribution in [3.63, 3.8) is 0 Å². The highest BCUT2D eigenvalue weighted by atomic mass is 35.5. The number of carbonyl (C=O) groups excluding carboxylic acids is 1. The lowest BCUT2D eigenvalue weighted by molar-refractivity contribution is -0.122. The zero-order valence-corrected chi connectivity index (χ0v) is 15.7. The van der Waals surface area contributed by atoms with Crippen LogP contribution in [-0.4, -0.2) is 21.6 Å². The van der Waals surface area contributed by atoms with Gasteiger partial charge in [-0.3, -0.25) is 4.79 Å². The highest BCUT2D eigenvalue weighted by Gasteiger charge is 2.38. The number of benzene rings is 1. The molecule has 0 aliphatic heterocycles. The molecule has 0 bridgehead atoms. The van der Waals surface area contributed by atoms with Crippen molar-refractivity contribution in [3.8, 4) is 10.6 Å². The summed E-state index contributed by atoms with van der Waals surface area (Å²) in [6, 6.07) is 7.40. The Morgan fingerprint density at radius 3 is 2.92 bits per heavy atom. The van der Waals surface area contributed by atoms with Crippen LogP contribution in [-0.2, 0) is 4.79 Å². The maximum Gasteiger partial charge on any atom is 0.231 e. The summed E-state index contributed by atoms with van der Waals surface area (Å²) in [6.45, 7) is 1.95. The first-order valence-corrected chi connectivity index (χ1v) is 8.84. The summed E-state index contributed by atoms with van der Waals surface area (Å²) in [4.78, 5) is 12.5. The molecule has 24 heavy (non-hydrogen) atoms. The lowest BCUT2D eigenvalue weighted by Crippen LogP contribution is -2.51. The van der Waals surface area contributed by atoms with Gasteiger partial charge < -0.3 is 11.1 Å². The number of anilines is 1. The van der Waals surface area contributed by atoms with E-state index < -0.39 is 5.54 Å². The van der Waals surface area contributed by atoms with E-state index in [1.807, 2.05) is 25.1 Å². The Balaban J connectivity index is 0.00000208. The summed E-state index contributed by atoms with van der Waals surface area (Å²) in [5.74, 6) is -0.252. The highest BCUT2D eigenvalue weighted by Crippen LogP contribution is 2.33. The van der Waals surface area contributed by atoms with Gasteiger partial charge in [0.25, 0.3) is 0 Å². The van der Waals surface area contributed by atoms with Crippen LogP contribution in [0.1, 0.15) is 32.6 Å². The number of carbonyl (C=O) groups is 1. The van der Waals surface area contributed by atoms with Gasteiger partial charge in [-0.15, -0.1) is 22.6 Å². The number of nitrogens with zero attached hydrogens (tertiary/aromatic N) is 2. The number of rotatable bonds is 3. The number of hydrogen-bond donors (Lipinski definition) is 2. The van der Waals surface area contributed by atoms with Crippen LogP contribution in [0.25, 0.3) is 10.6 Å². The lowest BCUT2D eigenvalue weighted by atomic mass is 9.74. The topological polar surface area (TPSA) is 80.9 Å².